The summed E-state index contributed by atoms with van der Waals surface area (Å²) in [7, 11) is 1.95. The van der Waals surface area contributed by atoms with Crippen LogP contribution >= 0.6 is 0 Å². The van der Waals surface area contributed by atoms with Crippen LogP contribution in [-0.2, 0) is 24.8 Å². The van der Waals surface area contributed by atoms with E-state index in [1.54, 1.807) is 0 Å². The lowest BCUT2D eigenvalue weighted by atomic mass is 10.3. The van der Waals surface area contributed by atoms with Crippen LogP contribution in [0.4, 0.5) is 0 Å². The van der Waals surface area contributed by atoms with Crippen LogP contribution in [0.5, 0.6) is 0 Å². The Hall–Kier alpha value is -1.36. The van der Waals surface area contributed by atoms with E-state index in [2.05, 4.69) is 28.7 Å². The van der Waals surface area contributed by atoms with Gasteiger partial charge in [-0.05, 0) is 12.5 Å². The van der Waals surface area contributed by atoms with Crippen molar-refractivity contribution in [3.63, 3.8) is 0 Å². The maximum absolute atomic E-state index is 10.6. The fourth-order valence-electron chi connectivity index (χ4n) is 1.45. The number of hydrogen-bond donors (Lipinski definition) is 2. The fraction of sp³-hybridized carbons (Fsp3) is 0.636. The molecule has 0 aliphatic carbocycles. The highest BCUT2D eigenvalue weighted by atomic mass is 16.1. The van der Waals surface area contributed by atoms with Crippen molar-refractivity contribution in [1.82, 2.24) is 20.4 Å². The monoisotopic (exact) mass is 224 g/mol. The molecule has 0 saturated heterocycles. The van der Waals surface area contributed by atoms with Gasteiger partial charge in [-0.25, -0.2) is 0 Å². The van der Waals surface area contributed by atoms with Gasteiger partial charge in [0.05, 0.1) is 11.4 Å². The minimum Gasteiger partial charge on any atom is -0.355 e. The highest BCUT2D eigenvalue weighted by Gasteiger charge is 2.02. The number of aryl methyl sites for hydroxylation is 2. The SMILES string of the molecule is CCc1cc(CNCCNC(C)=O)n(C)n1. The van der Waals surface area contributed by atoms with E-state index in [1.807, 2.05) is 11.7 Å². The Morgan fingerprint density at radius 1 is 1.50 bits per heavy atom. The Morgan fingerprint density at radius 3 is 2.81 bits per heavy atom. The van der Waals surface area contributed by atoms with Gasteiger partial charge < -0.3 is 10.6 Å². The summed E-state index contributed by atoms with van der Waals surface area (Å²) >= 11 is 0. The van der Waals surface area contributed by atoms with Gasteiger partial charge in [-0.1, -0.05) is 6.92 Å². The van der Waals surface area contributed by atoms with E-state index in [1.165, 1.54) is 12.6 Å². The molecule has 0 atom stereocenters. The van der Waals surface area contributed by atoms with E-state index < -0.39 is 0 Å². The van der Waals surface area contributed by atoms with E-state index in [9.17, 15) is 4.79 Å². The smallest absolute Gasteiger partial charge is 0.216 e. The summed E-state index contributed by atoms with van der Waals surface area (Å²) < 4.78 is 1.89. The van der Waals surface area contributed by atoms with Gasteiger partial charge in [0.15, 0.2) is 0 Å². The molecule has 1 aromatic heterocycles. The number of nitrogens with zero attached hydrogens (tertiary/aromatic N) is 2. The summed E-state index contributed by atoms with van der Waals surface area (Å²) in [5.41, 5.74) is 2.28. The van der Waals surface area contributed by atoms with Crippen LogP contribution in [0.15, 0.2) is 6.07 Å². The molecule has 0 aromatic carbocycles. The van der Waals surface area contributed by atoms with E-state index in [-0.39, 0.29) is 5.91 Å². The third-order valence-corrected chi connectivity index (χ3v) is 2.37. The Balaban J connectivity index is 2.26. The van der Waals surface area contributed by atoms with Gasteiger partial charge in [-0.3, -0.25) is 9.48 Å². The number of rotatable bonds is 6. The summed E-state index contributed by atoms with van der Waals surface area (Å²) in [6.07, 6.45) is 0.958. The quantitative estimate of drug-likeness (QED) is 0.679. The van der Waals surface area contributed by atoms with Crippen LogP contribution in [0.25, 0.3) is 0 Å². The molecule has 1 aromatic rings. The van der Waals surface area contributed by atoms with Crippen LogP contribution in [0.3, 0.4) is 0 Å². The maximum atomic E-state index is 10.6. The van der Waals surface area contributed by atoms with Crippen LogP contribution in [-0.4, -0.2) is 28.8 Å². The average molecular weight is 224 g/mol. The molecule has 2 N–H and O–H groups in total. The maximum Gasteiger partial charge on any atom is 0.216 e. The lowest BCUT2D eigenvalue weighted by Gasteiger charge is -2.05. The first-order valence-corrected chi connectivity index (χ1v) is 5.60. The third kappa shape index (κ3) is 4.02. The highest BCUT2D eigenvalue weighted by Crippen LogP contribution is 2.02. The standard InChI is InChI=1S/C11H20N4O/c1-4-10-7-11(15(3)14-10)8-12-5-6-13-9(2)16/h7,12H,4-6,8H2,1-3H3,(H,13,16). The van der Waals surface area contributed by atoms with Crippen molar-refractivity contribution in [2.24, 2.45) is 7.05 Å². The molecule has 0 aliphatic rings. The second-order valence-electron chi connectivity index (χ2n) is 3.76. The molecule has 0 saturated carbocycles. The zero-order valence-corrected chi connectivity index (χ0v) is 10.2. The first kappa shape index (κ1) is 12.7. The van der Waals surface area contributed by atoms with Gasteiger partial charge >= 0.3 is 0 Å². The molecule has 1 heterocycles. The van der Waals surface area contributed by atoms with Gasteiger partial charge in [0, 0.05) is 33.6 Å². The molecule has 5 heteroatoms. The number of hydrogen-bond acceptors (Lipinski definition) is 3. The molecule has 0 unspecified atom stereocenters. The first-order chi connectivity index (χ1) is 7.63. The van der Waals surface area contributed by atoms with Crippen molar-refractivity contribution in [2.75, 3.05) is 13.1 Å². The van der Waals surface area contributed by atoms with E-state index in [0.29, 0.717) is 6.54 Å². The van der Waals surface area contributed by atoms with Crippen molar-refractivity contribution >= 4 is 5.91 Å². The molecule has 5 nitrogen and oxygen atoms in total. The Labute approximate surface area is 96.2 Å². The van der Waals surface area contributed by atoms with Crippen molar-refractivity contribution < 1.29 is 4.79 Å². The summed E-state index contributed by atoms with van der Waals surface area (Å²) in [6, 6.07) is 2.10. The topological polar surface area (TPSA) is 58.9 Å². The van der Waals surface area contributed by atoms with Crippen LogP contribution in [0.1, 0.15) is 25.2 Å². The number of nitrogens with one attached hydrogen (secondary N) is 2. The van der Waals surface area contributed by atoms with Crippen molar-refractivity contribution in [2.45, 2.75) is 26.8 Å². The Bertz CT molecular complexity index is 346. The van der Waals surface area contributed by atoms with E-state index >= 15 is 0 Å². The lowest BCUT2D eigenvalue weighted by molar-refractivity contribution is -0.118. The normalized spacial score (nSPS) is 10.4. The Morgan fingerprint density at radius 2 is 2.25 bits per heavy atom. The van der Waals surface area contributed by atoms with E-state index in [4.69, 9.17) is 0 Å². The number of carbonyl (C=O) groups excluding carboxylic acids is 1. The van der Waals surface area contributed by atoms with E-state index in [0.717, 1.165) is 25.2 Å². The van der Waals surface area contributed by atoms with Gasteiger partial charge in [0.1, 0.15) is 0 Å². The summed E-state index contributed by atoms with van der Waals surface area (Å²) in [5, 5.41) is 10.4. The van der Waals surface area contributed by atoms with Crippen LogP contribution in [0.2, 0.25) is 0 Å². The molecule has 0 aliphatic heterocycles. The van der Waals surface area contributed by atoms with Gasteiger partial charge in [0.25, 0.3) is 0 Å². The highest BCUT2D eigenvalue weighted by molar-refractivity contribution is 5.72. The van der Waals surface area contributed by atoms with Gasteiger partial charge in [-0.2, -0.15) is 5.10 Å². The largest absolute Gasteiger partial charge is 0.355 e. The molecule has 16 heavy (non-hydrogen) atoms. The second kappa shape index (κ2) is 6.27. The number of carbonyl (C=O) groups is 1. The summed E-state index contributed by atoms with van der Waals surface area (Å²) in [5.74, 6) is 0.00982. The van der Waals surface area contributed by atoms with Crippen molar-refractivity contribution in [3.05, 3.63) is 17.5 Å². The van der Waals surface area contributed by atoms with Crippen LogP contribution in [0, 0.1) is 0 Å². The molecule has 0 fully saturated rings. The minimum absolute atomic E-state index is 0.00982. The molecule has 1 rings (SSSR count). The molecule has 0 bridgehead atoms. The zero-order chi connectivity index (χ0) is 12.0. The summed E-state index contributed by atoms with van der Waals surface area (Å²) in [6.45, 7) is 5.83. The Kier molecular flexibility index (Phi) is 4.98. The molecular weight excluding hydrogens is 204 g/mol. The van der Waals surface area contributed by atoms with Crippen molar-refractivity contribution in [3.8, 4) is 0 Å². The van der Waals surface area contributed by atoms with Crippen molar-refractivity contribution in [1.29, 1.82) is 0 Å². The predicted molar refractivity (Wildman–Crippen MR) is 63.0 cm³/mol. The minimum atomic E-state index is 0.00982. The molecule has 1 amide bonds. The lowest BCUT2D eigenvalue weighted by Crippen LogP contribution is -2.30. The second-order valence-corrected chi connectivity index (χ2v) is 3.76. The first-order valence-electron chi connectivity index (χ1n) is 5.60. The predicted octanol–water partition coefficient (Wildman–Crippen LogP) is 0.208. The molecular formula is C11H20N4O. The average Bonchev–Trinajstić information content (AvgIpc) is 2.59. The zero-order valence-electron chi connectivity index (χ0n) is 10.2. The van der Waals surface area contributed by atoms with Crippen LogP contribution < -0.4 is 10.6 Å². The molecule has 0 spiro atoms. The molecule has 90 valence electrons. The number of amides is 1. The van der Waals surface area contributed by atoms with Gasteiger partial charge in [0.2, 0.25) is 5.91 Å². The fourth-order valence-corrected chi connectivity index (χ4v) is 1.45. The summed E-state index contributed by atoms with van der Waals surface area (Å²) in [4.78, 5) is 10.6. The third-order valence-electron chi connectivity index (χ3n) is 2.37. The number of aromatic nitrogens is 2. The molecule has 0 radical (unpaired) electrons. The van der Waals surface area contributed by atoms with Gasteiger partial charge in [-0.15, -0.1) is 0 Å².